The van der Waals surface area contributed by atoms with Crippen LogP contribution in [0.4, 0.5) is 11.4 Å². The molecule has 0 aliphatic heterocycles. The van der Waals surface area contributed by atoms with Crippen molar-refractivity contribution in [1.82, 2.24) is 0 Å². The number of halogens is 1. The van der Waals surface area contributed by atoms with E-state index in [0.717, 1.165) is 0 Å². The first-order valence-corrected chi connectivity index (χ1v) is 6.25. The van der Waals surface area contributed by atoms with Gasteiger partial charge in [-0.3, -0.25) is 0 Å². The molecule has 5 heteroatoms. The van der Waals surface area contributed by atoms with Crippen LogP contribution in [0.25, 0.3) is 0 Å². The molecule has 20 heavy (non-hydrogen) atoms. The molecule has 2 aromatic carbocycles. The van der Waals surface area contributed by atoms with Crippen molar-refractivity contribution in [2.45, 2.75) is 0 Å². The number of anilines is 2. The second-order valence-electron chi connectivity index (χ2n) is 3.97. The molecule has 0 bridgehead atoms. The number of hydrogen-bond acceptors (Lipinski definition) is 4. The zero-order valence-corrected chi connectivity index (χ0v) is 11.9. The van der Waals surface area contributed by atoms with Crippen LogP contribution in [0.1, 0.15) is 5.56 Å². The van der Waals surface area contributed by atoms with Gasteiger partial charge in [-0.25, -0.2) is 0 Å². The van der Waals surface area contributed by atoms with Gasteiger partial charge in [-0.2, -0.15) is 5.26 Å². The molecule has 0 amide bonds. The van der Waals surface area contributed by atoms with E-state index in [9.17, 15) is 0 Å². The molecule has 0 saturated carbocycles. The van der Waals surface area contributed by atoms with E-state index in [0.29, 0.717) is 33.5 Å². The minimum absolute atomic E-state index is 0.462. The fourth-order valence-electron chi connectivity index (χ4n) is 1.79. The summed E-state index contributed by atoms with van der Waals surface area (Å²) in [4.78, 5) is 0. The minimum Gasteiger partial charge on any atom is -0.495 e. The van der Waals surface area contributed by atoms with Crippen LogP contribution in [0.15, 0.2) is 36.4 Å². The van der Waals surface area contributed by atoms with Crippen molar-refractivity contribution in [3.8, 4) is 17.6 Å². The van der Waals surface area contributed by atoms with Gasteiger partial charge in [0.2, 0.25) is 0 Å². The molecular weight excluding hydrogens is 276 g/mol. The number of ether oxygens (including phenoxy) is 2. The van der Waals surface area contributed by atoms with E-state index in [1.165, 1.54) is 0 Å². The predicted octanol–water partition coefficient (Wildman–Crippen LogP) is 3.97. The van der Waals surface area contributed by atoms with Crippen molar-refractivity contribution in [3.05, 3.63) is 47.0 Å². The monoisotopic (exact) mass is 288 g/mol. The van der Waals surface area contributed by atoms with Gasteiger partial charge in [0.1, 0.15) is 17.6 Å². The molecule has 0 saturated heterocycles. The molecule has 2 aromatic rings. The van der Waals surface area contributed by atoms with Crippen LogP contribution >= 0.6 is 11.6 Å². The summed E-state index contributed by atoms with van der Waals surface area (Å²) in [5.74, 6) is 1.10. The standard InChI is InChI=1S/C15H13ClN2O2/c1-19-14-8-13(15(20-2)7-11(14)16)18-12-6-4-3-5-10(12)9-17/h3-8,18H,1-2H3. The zero-order chi connectivity index (χ0) is 14.5. The van der Waals surface area contributed by atoms with Crippen LogP contribution < -0.4 is 14.8 Å². The van der Waals surface area contributed by atoms with Gasteiger partial charge in [-0.05, 0) is 12.1 Å². The van der Waals surface area contributed by atoms with Gasteiger partial charge in [-0.1, -0.05) is 23.7 Å². The van der Waals surface area contributed by atoms with Gasteiger partial charge in [0, 0.05) is 12.1 Å². The van der Waals surface area contributed by atoms with Gasteiger partial charge < -0.3 is 14.8 Å². The highest BCUT2D eigenvalue weighted by Crippen LogP contribution is 2.37. The largest absolute Gasteiger partial charge is 0.495 e. The highest BCUT2D eigenvalue weighted by Gasteiger charge is 2.11. The fraction of sp³-hybridized carbons (Fsp3) is 0.133. The Morgan fingerprint density at radius 1 is 1.05 bits per heavy atom. The highest BCUT2D eigenvalue weighted by atomic mass is 35.5. The second-order valence-corrected chi connectivity index (χ2v) is 4.38. The lowest BCUT2D eigenvalue weighted by Crippen LogP contribution is -1.98. The first-order chi connectivity index (χ1) is 9.69. The van der Waals surface area contributed by atoms with Crippen LogP contribution in [-0.4, -0.2) is 14.2 Å². The fourth-order valence-corrected chi connectivity index (χ4v) is 2.02. The van der Waals surface area contributed by atoms with E-state index in [1.807, 2.05) is 18.2 Å². The SMILES string of the molecule is COc1cc(Nc2ccccc2C#N)c(OC)cc1Cl. The van der Waals surface area contributed by atoms with E-state index < -0.39 is 0 Å². The van der Waals surface area contributed by atoms with Gasteiger partial charge in [0.15, 0.2) is 0 Å². The summed E-state index contributed by atoms with van der Waals surface area (Å²) in [6.45, 7) is 0. The molecule has 0 aliphatic rings. The van der Waals surface area contributed by atoms with E-state index in [2.05, 4.69) is 11.4 Å². The quantitative estimate of drug-likeness (QED) is 0.925. The molecular formula is C15H13ClN2O2. The van der Waals surface area contributed by atoms with Crippen molar-refractivity contribution in [3.63, 3.8) is 0 Å². The topological polar surface area (TPSA) is 54.3 Å². The van der Waals surface area contributed by atoms with Crippen molar-refractivity contribution in [2.24, 2.45) is 0 Å². The van der Waals surface area contributed by atoms with Crippen LogP contribution in [0.2, 0.25) is 5.02 Å². The number of rotatable bonds is 4. The molecule has 0 fully saturated rings. The zero-order valence-electron chi connectivity index (χ0n) is 11.1. The van der Waals surface area contributed by atoms with Gasteiger partial charge >= 0.3 is 0 Å². The lowest BCUT2D eigenvalue weighted by Gasteiger charge is -2.14. The summed E-state index contributed by atoms with van der Waals surface area (Å²) < 4.78 is 10.5. The molecule has 0 heterocycles. The summed E-state index contributed by atoms with van der Waals surface area (Å²) in [5.41, 5.74) is 1.91. The number of hydrogen-bond donors (Lipinski definition) is 1. The summed E-state index contributed by atoms with van der Waals surface area (Å²) in [6.07, 6.45) is 0. The molecule has 0 aliphatic carbocycles. The van der Waals surface area contributed by atoms with Gasteiger partial charge in [0.05, 0.1) is 36.2 Å². The average molecular weight is 289 g/mol. The second kappa shape index (κ2) is 6.18. The Morgan fingerprint density at radius 3 is 2.40 bits per heavy atom. The minimum atomic E-state index is 0.462. The summed E-state index contributed by atoms with van der Waals surface area (Å²) in [6, 6.07) is 12.7. The van der Waals surface area contributed by atoms with E-state index >= 15 is 0 Å². The summed E-state index contributed by atoms with van der Waals surface area (Å²) in [7, 11) is 3.10. The molecule has 0 spiro atoms. The van der Waals surface area contributed by atoms with Crippen LogP contribution in [0.3, 0.4) is 0 Å². The van der Waals surface area contributed by atoms with Gasteiger partial charge in [-0.15, -0.1) is 0 Å². The normalized spacial score (nSPS) is 9.70. The molecule has 0 atom stereocenters. The Bertz CT molecular complexity index is 665. The number of methoxy groups -OCH3 is 2. The van der Waals surface area contributed by atoms with E-state index in [4.69, 9.17) is 26.3 Å². The van der Waals surface area contributed by atoms with Gasteiger partial charge in [0.25, 0.3) is 0 Å². The van der Waals surface area contributed by atoms with Crippen molar-refractivity contribution >= 4 is 23.0 Å². The van der Waals surface area contributed by atoms with Crippen molar-refractivity contribution in [2.75, 3.05) is 19.5 Å². The molecule has 4 nitrogen and oxygen atoms in total. The molecule has 102 valence electrons. The van der Waals surface area contributed by atoms with E-state index in [-0.39, 0.29) is 0 Å². The van der Waals surface area contributed by atoms with Crippen molar-refractivity contribution < 1.29 is 9.47 Å². The van der Waals surface area contributed by atoms with Crippen LogP contribution in [0.5, 0.6) is 11.5 Å². The number of para-hydroxylation sites is 1. The Labute approximate surface area is 122 Å². The first kappa shape index (κ1) is 14.0. The first-order valence-electron chi connectivity index (χ1n) is 5.87. The smallest absolute Gasteiger partial charge is 0.144 e. The van der Waals surface area contributed by atoms with Crippen LogP contribution in [0, 0.1) is 11.3 Å². The molecule has 1 N–H and O–H groups in total. The maximum atomic E-state index is 9.10. The molecule has 0 unspecified atom stereocenters. The Morgan fingerprint density at radius 2 is 1.75 bits per heavy atom. The summed E-state index contributed by atoms with van der Waals surface area (Å²) >= 11 is 6.06. The number of benzene rings is 2. The Hall–Kier alpha value is -2.38. The van der Waals surface area contributed by atoms with Crippen LogP contribution in [-0.2, 0) is 0 Å². The highest BCUT2D eigenvalue weighted by molar-refractivity contribution is 6.32. The predicted molar refractivity (Wildman–Crippen MR) is 79.0 cm³/mol. The Balaban J connectivity index is 2.45. The summed E-state index contributed by atoms with van der Waals surface area (Å²) in [5, 5.41) is 12.7. The third-order valence-electron chi connectivity index (χ3n) is 2.79. The molecule has 2 rings (SSSR count). The maximum Gasteiger partial charge on any atom is 0.144 e. The number of nitriles is 1. The maximum absolute atomic E-state index is 9.10. The lowest BCUT2D eigenvalue weighted by molar-refractivity contribution is 0.405. The molecule has 0 radical (unpaired) electrons. The number of nitrogens with zero attached hydrogens (tertiary/aromatic N) is 1. The molecule has 0 aromatic heterocycles. The average Bonchev–Trinajstić information content (AvgIpc) is 2.49. The van der Waals surface area contributed by atoms with Crippen molar-refractivity contribution in [1.29, 1.82) is 5.26 Å². The third kappa shape index (κ3) is 2.79. The van der Waals surface area contributed by atoms with E-state index in [1.54, 1.807) is 32.4 Å². The third-order valence-corrected chi connectivity index (χ3v) is 3.09. The lowest BCUT2D eigenvalue weighted by atomic mass is 10.2. The Kier molecular flexibility index (Phi) is 4.34. The number of nitrogens with one attached hydrogen (secondary N) is 1.